The first-order valence-corrected chi connectivity index (χ1v) is 7.57. The number of carbonyl (C=O) groups excluding carboxylic acids is 1. The molecule has 3 aliphatic rings. The van der Waals surface area contributed by atoms with E-state index in [0.717, 1.165) is 24.2 Å². The Morgan fingerprint density at radius 3 is 2.86 bits per heavy atom. The molecule has 0 radical (unpaired) electrons. The SMILES string of the molecule is O=C(C1=Cc2cc(Cl)ccc2OC1)N1CC(O)(C2CC2)C1. The van der Waals surface area contributed by atoms with Gasteiger partial charge in [0.1, 0.15) is 18.0 Å². The van der Waals surface area contributed by atoms with Crippen LogP contribution in [0.1, 0.15) is 18.4 Å². The van der Waals surface area contributed by atoms with E-state index in [4.69, 9.17) is 16.3 Å². The standard InChI is InChI=1S/C16H16ClNO3/c17-13-3-4-14-10(6-13)5-11(7-21-14)15(19)18-8-16(20,9-18)12-1-2-12/h3-6,12,20H,1-2,7-9H2. The van der Waals surface area contributed by atoms with Crippen molar-refractivity contribution in [1.82, 2.24) is 4.90 Å². The second-order valence-electron chi connectivity index (χ2n) is 6.18. The quantitative estimate of drug-likeness (QED) is 0.910. The molecular weight excluding hydrogens is 290 g/mol. The predicted octanol–water partition coefficient (Wildman–Crippen LogP) is 2.10. The van der Waals surface area contributed by atoms with Crippen molar-refractivity contribution in [1.29, 1.82) is 0 Å². The Bertz CT molecular complexity index is 645. The molecular formula is C16H16ClNO3. The van der Waals surface area contributed by atoms with Crippen LogP contribution in [0.2, 0.25) is 5.02 Å². The van der Waals surface area contributed by atoms with E-state index in [2.05, 4.69) is 0 Å². The van der Waals surface area contributed by atoms with Crippen molar-refractivity contribution >= 4 is 23.6 Å². The fourth-order valence-electron chi connectivity index (χ4n) is 3.11. The van der Waals surface area contributed by atoms with Crippen molar-refractivity contribution in [2.45, 2.75) is 18.4 Å². The molecule has 1 aliphatic carbocycles. The summed E-state index contributed by atoms with van der Waals surface area (Å²) < 4.78 is 5.61. The largest absolute Gasteiger partial charge is 0.488 e. The van der Waals surface area contributed by atoms with E-state index in [9.17, 15) is 9.90 Å². The summed E-state index contributed by atoms with van der Waals surface area (Å²) in [5.74, 6) is 1.08. The summed E-state index contributed by atoms with van der Waals surface area (Å²) in [7, 11) is 0. The molecule has 1 aromatic rings. The predicted molar refractivity (Wildman–Crippen MR) is 79.2 cm³/mol. The maximum atomic E-state index is 12.4. The van der Waals surface area contributed by atoms with Gasteiger partial charge in [-0.1, -0.05) is 11.6 Å². The molecule has 2 heterocycles. The van der Waals surface area contributed by atoms with E-state index in [1.807, 2.05) is 12.1 Å². The Hall–Kier alpha value is -1.52. The Morgan fingerprint density at radius 1 is 1.38 bits per heavy atom. The molecule has 4 rings (SSSR count). The zero-order valence-corrected chi connectivity index (χ0v) is 12.3. The van der Waals surface area contributed by atoms with Gasteiger partial charge in [0, 0.05) is 10.6 Å². The summed E-state index contributed by atoms with van der Waals surface area (Å²) in [4.78, 5) is 14.1. The molecule has 1 N–H and O–H groups in total. The van der Waals surface area contributed by atoms with Crippen molar-refractivity contribution in [2.75, 3.05) is 19.7 Å². The third-order valence-electron chi connectivity index (χ3n) is 4.51. The summed E-state index contributed by atoms with van der Waals surface area (Å²) in [6.07, 6.45) is 3.99. The highest BCUT2D eigenvalue weighted by molar-refractivity contribution is 6.30. The first kappa shape index (κ1) is 13.2. The molecule has 110 valence electrons. The monoisotopic (exact) mass is 305 g/mol. The van der Waals surface area contributed by atoms with E-state index in [-0.39, 0.29) is 12.5 Å². The van der Waals surface area contributed by atoms with E-state index < -0.39 is 5.60 Å². The number of hydrogen-bond acceptors (Lipinski definition) is 3. The summed E-state index contributed by atoms with van der Waals surface area (Å²) >= 11 is 5.97. The average Bonchev–Trinajstić information content (AvgIpc) is 3.27. The summed E-state index contributed by atoms with van der Waals surface area (Å²) in [5, 5.41) is 10.9. The van der Waals surface area contributed by atoms with Crippen molar-refractivity contribution in [3.8, 4) is 5.75 Å². The smallest absolute Gasteiger partial charge is 0.253 e. The van der Waals surface area contributed by atoms with Gasteiger partial charge in [-0.05, 0) is 43.0 Å². The molecule has 0 bridgehead atoms. The lowest BCUT2D eigenvalue weighted by Crippen LogP contribution is -2.65. The average molecular weight is 306 g/mol. The number of nitrogens with zero attached hydrogens (tertiary/aromatic N) is 1. The molecule has 1 aromatic carbocycles. The van der Waals surface area contributed by atoms with Gasteiger partial charge in [-0.15, -0.1) is 0 Å². The van der Waals surface area contributed by atoms with Crippen LogP contribution < -0.4 is 4.74 Å². The molecule has 0 spiro atoms. The van der Waals surface area contributed by atoms with Gasteiger partial charge >= 0.3 is 0 Å². The van der Waals surface area contributed by atoms with Crippen LogP contribution in [-0.4, -0.2) is 41.2 Å². The molecule has 2 aliphatic heterocycles. The number of β-amino-alcohol motifs (C(OH)–C–C–N with tert-alkyl or cyclic N) is 1. The van der Waals surface area contributed by atoms with Gasteiger partial charge in [0.15, 0.2) is 0 Å². The van der Waals surface area contributed by atoms with Crippen LogP contribution in [-0.2, 0) is 4.79 Å². The zero-order valence-electron chi connectivity index (χ0n) is 11.5. The minimum absolute atomic E-state index is 0.0500. The molecule has 1 saturated heterocycles. The van der Waals surface area contributed by atoms with Gasteiger partial charge in [-0.25, -0.2) is 0 Å². The van der Waals surface area contributed by atoms with Gasteiger partial charge in [-0.3, -0.25) is 4.79 Å². The van der Waals surface area contributed by atoms with Crippen LogP contribution in [0.5, 0.6) is 5.75 Å². The van der Waals surface area contributed by atoms with Crippen molar-refractivity contribution in [3.05, 3.63) is 34.4 Å². The molecule has 1 saturated carbocycles. The Kier molecular flexibility index (Phi) is 2.81. The third kappa shape index (κ3) is 2.23. The molecule has 5 heteroatoms. The van der Waals surface area contributed by atoms with Gasteiger partial charge in [0.2, 0.25) is 0 Å². The number of likely N-dealkylation sites (tertiary alicyclic amines) is 1. The number of ether oxygens (including phenoxy) is 1. The van der Waals surface area contributed by atoms with Crippen LogP contribution in [0.15, 0.2) is 23.8 Å². The fourth-order valence-corrected chi connectivity index (χ4v) is 3.29. The molecule has 2 fully saturated rings. The zero-order chi connectivity index (χ0) is 14.6. The van der Waals surface area contributed by atoms with Crippen LogP contribution >= 0.6 is 11.6 Å². The lowest BCUT2D eigenvalue weighted by Gasteiger charge is -2.47. The molecule has 0 atom stereocenters. The first-order valence-electron chi connectivity index (χ1n) is 7.20. The van der Waals surface area contributed by atoms with Crippen LogP contribution in [0.4, 0.5) is 0 Å². The highest BCUT2D eigenvalue weighted by Gasteiger charge is 2.53. The van der Waals surface area contributed by atoms with Crippen LogP contribution in [0, 0.1) is 5.92 Å². The fraction of sp³-hybridized carbons (Fsp3) is 0.438. The number of rotatable bonds is 2. The van der Waals surface area contributed by atoms with Crippen LogP contribution in [0.25, 0.3) is 6.08 Å². The normalized spacial score (nSPS) is 22.8. The number of aliphatic hydroxyl groups is 1. The number of benzene rings is 1. The maximum absolute atomic E-state index is 12.4. The maximum Gasteiger partial charge on any atom is 0.253 e. The number of amides is 1. The molecule has 1 amide bonds. The third-order valence-corrected chi connectivity index (χ3v) is 4.75. The van der Waals surface area contributed by atoms with E-state index >= 15 is 0 Å². The highest BCUT2D eigenvalue weighted by atomic mass is 35.5. The summed E-state index contributed by atoms with van der Waals surface area (Å²) in [5.41, 5.74) is 0.796. The molecule has 0 aromatic heterocycles. The van der Waals surface area contributed by atoms with E-state index in [1.54, 1.807) is 17.0 Å². The summed E-state index contributed by atoms with van der Waals surface area (Å²) in [6.45, 7) is 1.15. The van der Waals surface area contributed by atoms with E-state index in [0.29, 0.717) is 29.6 Å². The van der Waals surface area contributed by atoms with Crippen LogP contribution in [0.3, 0.4) is 0 Å². The Morgan fingerprint density at radius 2 is 2.14 bits per heavy atom. The summed E-state index contributed by atoms with van der Waals surface area (Å²) in [6, 6.07) is 5.37. The Labute approximate surface area is 128 Å². The first-order chi connectivity index (χ1) is 10.0. The van der Waals surface area contributed by atoms with Gasteiger partial charge in [0.25, 0.3) is 5.91 Å². The Balaban J connectivity index is 1.51. The second kappa shape index (κ2) is 4.49. The van der Waals surface area contributed by atoms with E-state index in [1.165, 1.54) is 0 Å². The minimum atomic E-state index is -0.646. The minimum Gasteiger partial charge on any atom is -0.488 e. The lowest BCUT2D eigenvalue weighted by molar-refractivity contribution is -0.155. The van der Waals surface area contributed by atoms with Gasteiger partial charge in [0.05, 0.1) is 18.7 Å². The van der Waals surface area contributed by atoms with Gasteiger partial charge < -0.3 is 14.7 Å². The number of carbonyl (C=O) groups is 1. The lowest BCUT2D eigenvalue weighted by atomic mass is 9.88. The molecule has 21 heavy (non-hydrogen) atoms. The van der Waals surface area contributed by atoms with Crippen molar-refractivity contribution in [2.24, 2.45) is 5.92 Å². The topological polar surface area (TPSA) is 49.8 Å². The number of hydrogen-bond donors (Lipinski definition) is 1. The van der Waals surface area contributed by atoms with Gasteiger partial charge in [-0.2, -0.15) is 0 Å². The molecule has 4 nitrogen and oxygen atoms in total. The molecule has 0 unspecified atom stereocenters. The van der Waals surface area contributed by atoms with Crippen molar-refractivity contribution in [3.63, 3.8) is 0 Å². The number of halogens is 1. The van der Waals surface area contributed by atoms with Crippen molar-refractivity contribution < 1.29 is 14.6 Å². The highest BCUT2D eigenvalue weighted by Crippen LogP contribution is 2.45. The second-order valence-corrected chi connectivity index (χ2v) is 6.62. The number of fused-ring (bicyclic) bond motifs is 1.